The number of halogens is 1. The van der Waals surface area contributed by atoms with Gasteiger partial charge in [0.1, 0.15) is 0 Å². The lowest BCUT2D eigenvalue weighted by Gasteiger charge is -2.22. The van der Waals surface area contributed by atoms with Crippen LogP contribution in [0, 0.1) is 5.92 Å². The predicted molar refractivity (Wildman–Crippen MR) is 70.7 cm³/mol. The molecule has 1 aliphatic carbocycles. The van der Waals surface area contributed by atoms with Crippen LogP contribution in [0.1, 0.15) is 19.3 Å². The fourth-order valence-corrected chi connectivity index (χ4v) is 1.99. The molecule has 0 atom stereocenters. The number of carbonyl (C=O) groups is 1. The predicted octanol–water partition coefficient (Wildman–Crippen LogP) is 3.13. The number of anilines is 1. The number of nitrogens with one attached hydrogen (secondary N) is 1. The molecule has 1 N–H and O–H groups in total. The third kappa shape index (κ3) is 2.61. The Morgan fingerprint density at radius 3 is 2.68 bits per heavy atom. The Kier molecular flexibility index (Phi) is 3.21. The van der Waals surface area contributed by atoms with Crippen LogP contribution in [-0.4, -0.2) is 16.0 Å². The zero-order valence-corrected chi connectivity index (χ0v) is 10.9. The van der Waals surface area contributed by atoms with Gasteiger partial charge in [-0.25, -0.2) is 0 Å². The summed E-state index contributed by atoms with van der Waals surface area (Å²) in [5.74, 6) is 0.476. The van der Waals surface area contributed by atoms with Crippen LogP contribution in [0.5, 0.6) is 0 Å². The summed E-state index contributed by atoms with van der Waals surface area (Å²) in [6.45, 7) is 0. The Balaban J connectivity index is 1.72. The standard InChI is InChI=1S/C13H12ClN3O2/c14-10-6-4-8(5-7-10)11-15-13(19-17-11)16-12(18)9-2-1-3-9/h4-7,9H,1-3H2,(H,15,16,17,18). The van der Waals surface area contributed by atoms with Crippen LogP contribution >= 0.6 is 11.6 Å². The van der Waals surface area contributed by atoms with Gasteiger partial charge in [0.15, 0.2) is 0 Å². The van der Waals surface area contributed by atoms with Crippen LogP contribution in [-0.2, 0) is 4.79 Å². The molecule has 0 spiro atoms. The van der Waals surface area contributed by atoms with Crippen molar-refractivity contribution < 1.29 is 9.32 Å². The maximum Gasteiger partial charge on any atom is 0.328 e. The van der Waals surface area contributed by atoms with E-state index in [-0.39, 0.29) is 17.8 Å². The molecule has 1 heterocycles. The topological polar surface area (TPSA) is 68.0 Å². The zero-order chi connectivity index (χ0) is 13.2. The normalized spacial score (nSPS) is 15.0. The van der Waals surface area contributed by atoms with E-state index in [0.717, 1.165) is 24.8 Å². The van der Waals surface area contributed by atoms with Crippen molar-refractivity contribution in [1.29, 1.82) is 0 Å². The Labute approximate surface area is 115 Å². The highest BCUT2D eigenvalue weighted by Gasteiger charge is 2.26. The number of rotatable bonds is 3. The largest absolute Gasteiger partial charge is 0.328 e. The van der Waals surface area contributed by atoms with E-state index in [2.05, 4.69) is 15.5 Å². The van der Waals surface area contributed by atoms with Gasteiger partial charge in [0.25, 0.3) is 0 Å². The van der Waals surface area contributed by atoms with Crippen LogP contribution in [0.15, 0.2) is 28.8 Å². The number of aromatic nitrogens is 2. The second-order valence-electron chi connectivity index (χ2n) is 4.55. The lowest BCUT2D eigenvalue weighted by atomic mass is 9.85. The molecule has 0 saturated heterocycles. The van der Waals surface area contributed by atoms with E-state index in [4.69, 9.17) is 16.1 Å². The summed E-state index contributed by atoms with van der Waals surface area (Å²) in [6.07, 6.45) is 2.98. The van der Waals surface area contributed by atoms with Gasteiger partial charge in [-0.3, -0.25) is 10.1 Å². The van der Waals surface area contributed by atoms with Gasteiger partial charge < -0.3 is 4.52 Å². The van der Waals surface area contributed by atoms with Crippen molar-refractivity contribution in [2.45, 2.75) is 19.3 Å². The molecule has 1 aromatic carbocycles. The average Bonchev–Trinajstić information content (AvgIpc) is 2.76. The number of hydrogen-bond acceptors (Lipinski definition) is 4. The molecule has 5 nitrogen and oxygen atoms in total. The van der Waals surface area contributed by atoms with E-state index in [0.29, 0.717) is 10.8 Å². The lowest BCUT2D eigenvalue weighted by Crippen LogP contribution is -2.28. The van der Waals surface area contributed by atoms with Crippen molar-refractivity contribution in [3.63, 3.8) is 0 Å². The van der Waals surface area contributed by atoms with Gasteiger partial charge >= 0.3 is 6.01 Å². The van der Waals surface area contributed by atoms with Crippen molar-refractivity contribution >= 4 is 23.5 Å². The molecule has 98 valence electrons. The summed E-state index contributed by atoms with van der Waals surface area (Å²) in [5, 5.41) is 7.11. The van der Waals surface area contributed by atoms with Gasteiger partial charge in [-0.1, -0.05) is 23.2 Å². The van der Waals surface area contributed by atoms with Crippen LogP contribution in [0.3, 0.4) is 0 Å². The van der Waals surface area contributed by atoms with E-state index < -0.39 is 0 Å². The highest BCUT2D eigenvalue weighted by atomic mass is 35.5. The summed E-state index contributed by atoms with van der Waals surface area (Å²) in [6, 6.07) is 7.23. The number of benzene rings is 1. The van der Waals surface area contributed by atoms with Gasteiger partial charge in [0.05, 0.1) is 0 Å². The van der Waals surface area contributed by atoms with Crippen molar-refractivity contribution in [2.24, 2.45) is 5.92 Å². The van der Waals surface area contributed by atoms with Gasteiger partial charge in [-0.15, -0.1) is 0 Å². The molecular weight excluding hydrogens is 266 g/mol. The first-order chi connectivity index (χ1) is 9.22. The summed E-state index contributed by atoms with van der Waals surface area (Å²) in [7, 11) is 0. The summed E-state index contributed by atoms with van der Waals surface area (Å²) in [5.41, 5.74) is 0.789. The summed E-state index contributed by atoms with van der Waals surface area (Å²) in [4.78, 5) is 15.9. The first kappa shape index (κ1) is 12.2. The molecule has 0 unspecified atom stereocenters. The van der Waals surface area contributed by atoms with Gasteiger partial charge in [-0.2, -0.15) is 4.98 Å². The Morgan fingerprint density at radius 2 is 2.05 bits per heavy atom. The van der Waals surface area contributed by atoms with Crippen molar-refractivity contribution in [2.75, 3.05) is 5.32 Å². The van der Waals surface area contributed by atoms with E-state index in [1.54, 1.807) is 24.3 Å². The molecule has 0 radical (unpaired) electrons. The Hall–Kier alpha value is -1.88. The first-order valence-corrected chi connectivity index (χ1v) is 6.51. The van der Waals surface area contributed by atoms with Crippen LogP contribution in [0.25, 0.3) is 11.4 Å². The van der Waals surface area contributed by atoms with Gasteiger partial charge in [0, 0.05) is 16.5 Å². The van der Waals surface area contributed by atoms with E-state index in [1.165, 1.54) is 0 Å². The molecular formula is C13H12ClN3O2. The van der Waals surface area contributed by atoms with Crippen LogP contribution in [0.2, 0.25) is 5.02 Å². The maximum atomic E-state index is 11.7. The van der Waals surface area contributed by atoms with E-state index in [1.807, 2.05) is 0 Å². The molecule has 3 rings (SSSR count). The molecule has 1 amide bonds. The van der Waals surface area contributed by atoms with Crippen LogP contribution in [0.4, 0.5) is 6.01 Å². The number of hydrogen-bond donors (Lipinski definition) is 1. The van der Waals surface area contributed by atoms with Crippen molar-refractivity contribution in [3.8, 4) is 11.4 Å². The SMILES string of the molecule is O=C(Nc1nc(-c2ccc(Cl)cc2)no1)C1CCC1. The van der Waals surface area contributed by atoms with Crippen molar-refractivity contribution in [3.05, 3.63) is 29.3 Å². The third-order valence-corrected chi connectivity index (χ3v) is 3.49. The number of nitrogens with zero attached hydrogens (tertiary/aromatic N) is 2. The molecule has 1 aliphatic rings. The smallest absolute Gasteiger partial charge is 0.315 e. The van der Waals surface area contributed by atoms with Crippen molar-refractivity contribution in [1.82, 2.24) is 10.1 Å². The lowest BCUT2D eigenvalue weighted by molar-refractivity contribution is -0.122. The second kappa shape index (κ2) is 5.01. The van der Waals surface area contributed by atoms with Crippen LogP contribution < -0.4 is 5.32 Å². The summed E-state index contributed by atoms with van der Waals surface area (Å²) >= 11 is 5.81. The quantitative estimate of drug-likeness (QED) is 0.936. The fraction of sp³-hybridized carbons (Fsp3) is 0.308. The zero-order valence-electron chi connectivity index (χ0n) is 10.1. The highest BCUT2D eigenvalue weighted by Crippen LogP contribution is 2.27. The van der Waals surface area contributed by atoms with Gasteiger partial charge in [0.2, 0.25) is 11.7 Å². The minimum Gasteiger partial charge on any atom is -0.315 e. The molecule has 1 aromatic heterocycles. The third-order valence-electron chi connectivity index (χ3n) is 3.23. The molecule has 19 heavy (non-hydrogen) atoms. The monoisotopic (exact) mass is 277 g/mol. The van der Waals surface area contributed by atoms with E-state index in [9.17, 15) is 4.79 Å². The molecule has 0 bridgehead atoms. The Bertz CT molecular complexity index is 590. The molecule has 1 saturated carbocycles. The molecule has 1 fully saturated rings. The fourth-order valence-electron chi connectivity index (χ4n) is 1.87. The summed E-state index contributed by atoms with van der Waals surface area (Å²) < 4.78 is 5.01. The molecule has 2 aromatic rings. The number of amides is 1. The maximum absolute atomic E-state index is 11.7. The highest BCUT2D eigenvalue weighted by molar-refractivity contribution is 6.30. The second-order valence-corrected chi connectivity index (χ2v) is 4.98. The molecule has 6 heteroatoms. The Morgan fingerprint density at radius 1 is 1.32 bits per heavy atom. The minimum atomic E-state index is -0.0439. The minimum absolute atomic E-state index is 0.0439. The number of carbonyl (C=O) groups excluding carboxylic acids is 1. The van der Waals surface area contributed by atoms with E-state index >= 15 is 0 Å². The first-order valence-electron chi connectivity index (χ1n) is 6.13. The molecule has 0 aliphatic heterocycles. The average molecular weight is 278 g/mol. The van der Waals surface area contributed by atoms with Gasteiger partial charge in [-0.05, 0) is 37.1 Å².